The van der Waals surface area contributed by atoms with E-state index in [9.17, 15) is 18.0 Å². The average Bonchev–Trinajstić information content (AvgIpc) is 2.74. The van der Waals surface area contributed by atoms with Crippen LogP contribution in [0.4, 0.5) is 0 Å². The Balaban J connectivity index is 1.90. The lowest BCUT2D eigenvalue weighted by atomic mass is 10.2. The Morgan fingerprint density at radius 2 is 1.71 bits per heavy atom. The number of amides is 2. The highest BCUT2D eigenvalue weighted by Crippen LogP contribution is 2.19. The Kier molecular flexibility index (Phi) is 9.00. The van der Waals surface area contributed by atoms with Crippen molar-refractivity contribution in [2.24, 2.45) is 5.10 Å². The first-order valence-electron chi connectivity index (χ1n) is 9.34. The quantitative estimate of drug-likeness (QED) is 0.421. The van der Waals surface area contributed by atoms with Crippen molar-refractivity contribution in [1.82, 2.24) is 15.0 Å². The van der Waals surface area contributed by atoms with Gasteiger partial charge in [0.25, 0.3) is 11.8 Å². The van der Waals surface area contributed by atoms with Crippen LogP contribution in [0.5, 0.6) is 0 Å². The Morgan fingerprint density at radius 1 is 1.06 bits per heavy atom. The fourth-order valence-corrected chi connectivity index (χ4v) is 4.49. The maximum atomic E-state index is 12.5. The molecule has 166 valence electrons. The summed E-state index contributed by atoms with van der Waals surface area (Å²) in [6, 6.07) is 10.3. The summed E-state index contributed by atoms with van der Waals surface area (Å²) in [5.74, 6) is -1.07. The summed E-state index contributed by atoms with van der Waals surface area (Å²) in [5, 5.41) is 7.08. The standard InChI is InChI=1S/C20H22Cl2N4O4S/c1-3-26(4-2)31(29,30)17-9-6-14(7-10-17)20(28)23-13-19(27)25-24-12-15-5-8-16(21)11-18(15)22/h5-12H,3-4,13H2,1-2H3,(H,23,28)(H,25,27)/b24-12+. The topological polar surface area (TPSA) is 108 Å². The molecule has 0 bridgehead atoms. The Morgan fingerprint density at radius 3 is 2.29 bits per heavy atom. The second-order valence-electron chi connectivity index (χ2n) is 6.26. The van der Waals surface area contributed by atoms with Gasteiger partial charge in [-0.15, -0.1) is 0 Å². The average molecular weight is 485 g/mol. The van der Waals surface area contributed by atoms with Crippen LogP contribution in [0.1, 0.15) is 29.8 Å². The van der Waals surface area contributed by atoms with Crippen molar-refractivity contribution in [2.75, 3.05) is 19.6 Å². The van der Waals surface area contributed by atoms with E-state index in [0.29, 0.717) is 28.7 Å². The number of hydrogen-bond acceptors (Lipinski definition) is 5. The number of carbonyl (C=O) groups excluding carboxylic acids is 2. The minimum Gasteiger partial charge on any atom is -0.343 e. The van der Waals surface area contributed by atoms with Crippen molar-refractivity contribution in [3.63, 3.8) is 0 Å². The molecule has 31 heavy (non-hydrogen) atoms. The van der Waals surface area contributed by atoms with E-state index in [2.05, 4.69) is 15.8 Å². The Bertz CT molecular complexity index is 1070. The van der Waals surface area contributed by atoms with Gasteiger partial charge in [-0.3, -0.25) is 9.59 Å². The SMILES string of the molecule is CCN(CC)S(=O)(=O)c1ccc(C(=O)NCC(=O)N/N=C/c2ccc(Cl)cc2Cl)cc1. The molecular formula is C20H22Cl2N4O4S. The lowest BCUT2D eigenvalue weighted by molar-refractivity contribution is -0.120. The normalized spacial score (nSPS) is 11.6. The minimum atomic E-state index is -3.60. The predicted molar refractivity (Wildman–Crippen MR) is 121 cm³/mol. The van der Waals surface area contributed by atoms with Gasteiger partial charge in [0.2, 0.25) is 10.0 Å². The molecule has 2 rings (SSSR count). The van der Waals surface area contributed by atoms with E-state index >= 15 is 0 Å². The molecule has 8 nitrogen and oxygen atoms in total. The number of sulfonamides is 1. The summed E-state index contributed by atoms with van der Waals surface area (Å²) in [4.78, 5) is 24.2. The molecule has 0 aliphatic rings. The fraction of sp³-hybridized carbons (Fsp3) is 0.250. The van der Waals surface area contributed by atoms with Crippen LogP contribution < -0.4 is 10.7 Å². The second kappa shape index (κ2) is 11.2. The van der Waals surface area contributed by atoms with Gasteiger partial charge in [0.15, 0.2) is 0 Å². The monoisotopic (exact) mass is 484 g/mol. The molecule has 0 aliphatic heterocycles. The van der Waals surface area contributed by atoms with Crippen molar-refractivity contribution in [2.45, 2.75) is 18.7 Å². The number of carbonyl (C=O) groups is 2. The number of rotatable bonds is 9. The van der Waals surface area contributed by atoms with E-state index in [-0.39, 0.29) is 17.0 Å². The molecule has 0 radical (unpaired) electrons. The molecule has 2 N–H and O–H groups in total. The molecule has 0 aliphatic carbocycles. The maximum absolute atomic E-state index is 12.5. The van der Waals surface area contributed by atoms with E-state index in [0.717, 1.165) is 0 Å². The maximum Gasteiger partial charge on any atom is 0.259 e. The van der Waals surface area contributed by atoms with Crippen LogP contribution in [0.3, 0.4) is 0 Å². The van der Waals surface area contributed by atoms with Gasteiger partial charge in [0.1, 0.15) is 0 Å². The lowest BCUT2D eigenvalue weighted by Gasteiger charge is -2.18. The summed E-state index contributed by atoms with van der Waals surface area (Å²) in [7, 11) is -3.60. The second-order valence-corrected chi connectivity index (χ2v) is 9.04. The molecule has 11 heteroatoms. The largest absolute Gasteiger partial charge is 0.343 e. The molecule has 0 unspecified atom stereocenters. The fourth-order valence-electron chi connectivity index (χ4n) is 2.57. The highest BCUT2D eigenvalue weighted by atomic mass is 35.5. The van der Waals surface area contributed by atoms with Gasteiger partial charge in [0.05, 0.1) is 22.7 Å². The van der Waals surface area contributed by atoms with E-state index < -0.39 is 21.8 Å². The first-order valence-corrected chi connectivity index (χ1v) is 11.5. The smallest absolute Gasteiger partial charge is 0.259 e. The van der Waals surface area contributed by atoms with Gasteiger partial charge in [-0.1, -0.05) is 43.1 Å². The molecular weight excluding hydrogens is 463 g/mol. The van der Waals surface area contributed by atoms with Crippen LogP contribution in [-0.4, -0.2) is 50.4 Å². The van der Waals surface area contributed by atoms with Crippen molar-refractivity contribution in [3.8, 4) is 0 Å². The first kappa shape index (κ1) is 24.8. The molecule has 0 heterocycles. The van der Waals surface area contributed by atoms with Crippen LogP contribution >= 0.6 is 23.2 Å². The molecule has 0 aromatic heterocycles. The number of hydrogen-bond donors (Lipinski definition) is 2. The molecule has 0 saturated heterocycles. The van der Waals surface area contributed by atoms with Crippen molar-refractivity contribution in [3.05, 3.63) is 63.6 Å². The van der Waals surface area contributed by atoms with E-state index in [1.807, 2.05) is 0 Å². The number of hydrazone groups is 1. The van der Waals surface area contributed by atoms with Gasteiger partial charge < -0.3 is 5.32 Å². The summed E-state index contributed by atoms with van der Waals surface area (Å²) < 4.78 is 26.3. The highest BCUT2D eigenvalue weighted by Gasteiger charge is 2.21. The summed E-state index contributed by atoms with van der Waals surface area (Å²) in [6.45, 7) is 3.89. The van der Waals surface area contributed by atoms with Crippen LogP contribution in [0, 0.1) is 0 Å². The van der Waals surface area contributed by atoms with Crippen molar-refractivity contribution >= 4 is 51.3 Å². The van der Waals surface area contributed by atoms with E-state index in [1.165, 1.54) is 34.8 Å². The third-order valence-corrected chi connectivity index (χ3v) is 6.85. The zero-order valence-corrected chi connectivity index (χ0v) is 19.3. The minimum absolute atomic E-state index is 0.0979. The van der Waals surface area contributed by atoms with Crippen LogP contribution in [0.2, 0.25) is 10.0 Å². The zero-order chi connectivity index (χ0) is 23.0. The highest BCUT2D eigenvalue weighted by molar-refractivity contribution is 7.89. The summed E-state index contributed by atoms with van der Waals surface area (Å²) in [5.41, 5.74) is 3.06. The number of benzene rings is 2. The number of nitrogens with one attached hydrogen (secondary N) is 2. The van der Waals surface area contributed by atoms with Crippen LogP contribution in [0.25, 0.3) is 0 Å². The third kappa shape index (κ3) is 6.76. The molecule has 0 saturated carbocycles. The van der Waals surface area contributed by atoms with Gasteiger partial charge in [-0.2, -0.15) is 9.41 Å². The molecule has 2 aromatic carbocycles. The Labute approximate surface area is 191 Å². The third-order valence-electron chi connectivity index (χ3n) is 4.22. The molecule has 0 fully saturated rings. The van der Waals surface area contributed by atoms with Gasteiger partial charge in [-0.05, 0) is 36.4 Å². The molecule has 0 atom stereocenters. The zero-order valence-electron chi connectivity index (χ0n) is 16.9. The summed E-state index contributed by atoms with van der Waals surface area (Å²) in [6.07, 6.45) is 1.35. The van der Waals surface area contributed by atoms with Crippen LogP contribution in [-0.2, 0) is 14.8 Å². The Hall–Kier alpha value is -2.46. The van der Waals surface area contributed by atoms with Crippen molar-refractivity contribution < 1.29 is 18.0 Å². The number of nitrogens with zero attached hydrogens (tertiary/aromatic N) is 2. The number of halogens is 2. The van der Waals surface area contributed by atoms with E-state index in [4.69, 9.17) is 23.2 Å². The molecule has 2 aromatic rings. The first-order chi connectivity index (χ1) is 14.7. The lowest BCUT2D eigenvalue weighted by Crippen LogP contribution is -2.35. The summed E-state index contributed by atoms with van der Waals surface area (Å²) >= 11 is 11.8. The van der Waals surface area contributed by atoms with Crippen molar-refractivity contribution in [1.29, 1.82) is 0 Å². The van der Waals surface area contributed by atoms with Gasteiger partial charge >= 0.3 is 0 Å². The molecule has 0 spiro atoms. The van der Waals surface area contributed by atoms with E-state index in [1.54, 1.807) is 32.0 Å². The van der Waals surface area contributed by atoms with Gasteiger partial charge in [0, 0.05) is 29.2 Å². The molecule has 2 amide bonds. The van der Waals surface area contributed by atoms with Crippen LogP contribution in [0.15, 0.2) is 52.5 Å². The predicted octanol–water partition coefficient (Wildman–Crippen LogP) is 2.90. The van der Waals surface area contributed by atoms with Gasteiger partial charge in [-0.25, -0.2) is 13.8 Å².